The normalized spacial score (nSPS) is 17.3. The number of aliphatic hydroxyl groups is 1. The number of rotatable bonds is 7. The van der Waals surface area contributed by atoms with Crippen molar-refractivity contribution in [2.45, 2.75) is 13.0 Å². The topological polar surface area (TPSA) is 98.2 Å². The molecule has 9 heteroatoms. The van der Waals surface area contributed by atoms with Crippen LogP contribution in [-0.4, -0.2) is 42.6 Å². The molecule has 3 aromatic rings. The first-order valence-corrected chi connectivity index (χ1v) is 11.0. The second-order valence-corrected chi connectivity index (χ2v) is 7.93. The fourth-order valence-corrected chi connectivity index (χ4v) is 4.40. The smallest absolute Gasteiger partial charge is 0.301 e. The van der Waals surface area contributed by atoms with Gasteiger partial charge >= 0.3 is 5.91 Å². The van der Waals surface area contributed by atoms with Gasteiger partial charge < -0.3 is 19.3 Å². The van der Waals surface area contributed by atoms with Crippen molar-refractivity contribution in [2.24, 2.45) is 0 Å². The Morgan fingerprint density at radius 2 is 1.82 bits per heavy atom. The van der Waals surface area contributed by atoms with Gasteiger partial charge in [-0.3, -0.25) is 14.5 Å². The van der Waals surface area contributed by atoms with Crippen molar-refractivity contribution in [1.29, 1.82) is 0 Å². The minimum absolute atomic E-state index is 0.0356. The van der Waals surface area contributed by atoms with Gasteiger partial charge in [0.05, 0.1) is 32.4 Å². The highest BCUT2D eigenvalue weighted by Crippen LogP contribution is 2.44. The summed E-state index contributed by atoms with van der Waals surface area (Å²) in [6, 6.07) is 10.9. The Morgan fingerprint density at radius 1 is 1.09 bits per heavy atom. The minimum atomic E-state index is -0.900. The lowest BCUT2D eigenvalue weighted by Crippen LogP contribution is -2.29. The number of benzene rings is 2. The third-order valence-electron chi connectivity index (χ3n) is 5.23. The van der Waals surface area contributed by atoms with Crippen LogP contribution in [0.25, 0.3) is 5.76 Å². The lowest BCUT2D eigenvalue weighted by atomic mass is 9.95. The highest BCUT2D eigenvalue weighted by atomic mass is 32.1. The Kier molecular flexibility index (Phi) is 6.32. The molecular weight excluding hydrogens is 444 g/mol. The van der Waals surface area contributed by atoms with Crippen molar-refractivity contribution in [3.8, 4) is 17.2 Å². The number of aromatic nitrogens is 1. The molecule has 2 heterocycles. The van der Waals surface area contributed by atoms with Crippen molar-refractivity contribution < 1.29 is 28.9 Å². The van der Waals surface area contributed by atoms with Crippen molar-refractivity contribution in [3.63, 3.8) is 0 Å². The summed E-state index contributed by atoms with van der Waals surface area (Å²) >= 11 is 1.22. The summed E-state index contributed by atoms with van der Waals surface area (Å²) in [6.45, 7) is 2.38. The molecule has 0 spiro atoms. The van der Waals surface area contributed by atoms with Crippen molar-refractivity contribution in [1.82, 2.24) is 4.98 Å². The van der Waals surface area contributed by atoms with E-state index in [0.717, 1.165) is 0 Å². The number of carbonyl (C=O) groups excluding carboxylic acids is 2. The van der Waals surface area contributed by atoms with Gasteiger partial charge in [0.25, 0.3) is 5.78 Å². The molecule has 0 radical (unpaired) electrons. The van der Waals surface area contributed by atoms with E-state index < -0.39 is 17.7 Å². The van der Waals surface area contributed by atoms with Gasteiger partial charge in [0.2, 0.25) is 0 Å². The number of amides is 1. The molecule has 33 heavy (non-hydrogen) atoms. The highest BCUT2D eigenvalue weighted by Gasteiger charge is 2.48. The number of nitrogens with zero attached hydrogens (tertiary/aromatic N) is 2. The Balaban J connectivity index is 1.89. The van der Waals surface area contributed by atoms with Gasteiger partial charge in [-0.15, -0.1) is 11.3 Å². The fraction of sp³-hybridized carbons (Fsp3) is 0.208. The molecule has 4 rings (SSSR count). The van der Waals surface area contributed by atoms with E-state index in [-0.39, 0.29) is 11.3 Å². The molecule has 1 N–H and O–H groups in total. The number of Topliss-reactive ketones (excluding diaryl/α,β-unsaturated/α-hetero) is 1. The molecular formula is C24H22N2O6S. The van der Waals surface area contributed by atoms with Gasteiger partial charge in [-0.2, -0.15) is 0 Å². The molecule has 1 fully saturated rings. The zero-order chi connectivity index (χ0) is 23.5. The Hall–Kier alpha value is -3.85. The summed E-state index contributed by atoms with van der Waals surface area (Å²) in [5.74, 6) is -0.280. The molecule has 0 aliphatic carbocycles. The molecule has 1 aromatic heterocycles. The average Bonchev–Trinajstić information content (AvgIpc) is 3.45. The molecule has 1 saturated heterocycles. The molecule has 0 bridgehead atoms. The number of anilines is 1. The van der Waals surface area contributed by atoms with Crippen LogP contribution in [0.3, 0.4) is 0 Å². The zero-order valence-corrected chi connectivity index (χ0v) is 19.1. The summed E-state index contributed by atoms with van der Waals surface area (Å²) in [5, 5.41) is 13.2. The van der Waals surface area contributed by atoms with E-state index in [4.69, 9.17) is 14.2 Å². The van der Waals surface area contributed by atoms with Gasteiger partial charge in [0.15, 0.2) is 16.6 Å². The van der Waals surface area contributed by atoms with Crippen LogP contribution in [0.5, 0.6) is 17.2 Å². The molecule has 1 aliphatic heterocycles. The summed E-state index contributed by atoms with van der Waals surface area (Å²) in [7, 11) is 3.02. The fourth-order valence-electron chi connectivity index (χ4n) is 3.73. The standard InChI is InChI=1S/C24H22N2O6S/c1-4-32-16-8-5-14(6-9-16)21(27)19-20(15-7-10-17(30-2)18(13-15)31-3)26(23(29)22(19)28)24-25-11-12-33-24/h5-13,20,27H,4H2,1-3H3/b21-19-. The number of aliphatic hydroxyl groups excluding tert-OH is 1. The number of carbonyl (C=O) groups is 2. The molecule has 1 aliphatic rings. The number of methoxy groups -OCH3 is 2. The van der Waals surface area contributed by atoms with E-state index in [1.165, 1.54) is 30.5 Å². The Labute approximate surface area is 194 Å². The quantitative estimate of drug-likeness (QED) is 0.317. The van der Waals surface area contributed by atoms with Crippen LogP contribution >= 0.6 is 11.3 Å². The monoisotopic (exact) mass is 466 g/mol. The minimum Gasteiger partial charge on any atom is -0.507 e. The molecule has 0 saturated carbocycles. The van der Waals surface area contributed by atoms with Crippen LogP contribution in [0.4, 0.5) is 5.13 Å². The average molecular weight is 467 g/mol. The van der Waals surface area contributed by atoms with Gasteiger partial charge in [-0.1, -0.05) is 6.07 Å². The first-order chi connectivity index (χ1) is 16.0. The van der Waals surface area contributed by atoms with Gasteiger partial charge in [0, 0.05) is 17.1 Å². The third kappa shape index (κ3) is 4.03. The number of ether oxygens (including phenoxy) is 3. The molecule has 2 aromatic carbocycles. The Bertz CT molecular complexity index is 1200. The van der Waals surface area contributed by atoms with Crippen molar-refractivity contribution in [2.75, 3.05) is 25.7 Å². The SMILES string of the molecule is CCOc1ccc(/C(O)=C2/C(=O)C(=O)N(c3nccs3)C2c2ccc(OC)c(OC)c2)cc1. The van der Waals surface area contributed by atoms with Crippen LogP contribution in [-0.2, 0) is 9.59 Å². The second kappa shape index (κ2) is 9.33. The predicted molar refractivity (Wildman–Crippen MR) is 124 cm³/mol. The lowest BCUT2D eigenvalue weighted by molar-refractivity contribution is -0.132. The zero-order valence-electron chi connectivity index (χ0n) is 18.3. The van der Waals surface area contributed by atoms with Crippen LogP contribution in [0.2, 0.25) is 0 Å². The van der Waals surface area contributed by atoms with E-state index in [2.05, 4.69) is 4.98 Å². The largest absolute Gasteiger partial charge is 0.507 e. The van der Waals surface area contributed by atoms with E-state index in [9.17, 15) is 14.7 Å². The lowest BCUT2D eigenvalue weighted by Gasteiger charge is -2.23. The Morgan fingerprint density at radius 3 is 2.42 bits per heavy atom. The second-order valence-electron chi connectivity index (χ2n) is 7.06. The molecule has 1 atom stereocenters. The molecule has 1 unspecified atom stereocenters. The summed E-state index contributed by atoms with van der Waals surface area (Å²) in [5.41, 5.74) is 0.919. The summed E-state index contributed by atoms with van der Waals surface area (Å²) < 4.78 is 16.2. The van der Waals surface area contributed by atoms with Crippen LogP contribution in [0.1, 0.15) is 24.1 Å². The van der Waals surface area contributed by atoms with Gasteiger partial charge in [-0.05, 0) is 48.9 Å². The van der Waals surface area contributed by atoms with E-state index in [1.807, 2.05) is 6.92 Å². The maximum absolute atomic E-state index is 13.1. The molecule has 170 valence electrons. The van der Waals surface area contributed by atoms with E-state index in [1.54, 1.807) is 54.0 Å². The van der Waals surface area contributed by atoms with Gasteiger partial charge in [-0.25, -0.2) is 4.98 Å². The number of hydrogen-bond donors (Lipinski definition) is 1. The first kappa shape index (κ1) is 22.3. The number of hydrogen-bond acceptors (Lipinski definition) is 8. The summed E-state index contributed by atoms with van der Waals surface area (Å²) in [6.07, 6.45) is 1.55. The molecule has 1 amide bonds. The van der Waals surface area contributed by atoms with Crippen molar-refractivity contribution >= 4 is 33.9 Å². The van der Waals surface area contributed by atoms with E-state index >= 15 is 0 Å². The predicted octanol–water partition coefficient (Wildman–Crippen LogP) is 4.19. The summed E-state index contributed by atoms with van der Waals surface area (Å²) in [4.78, 5) is 31.7. The number of ketones is 1. The van der Waals surface area contributed by atoms with Crippen LogP contribution in [0.15, 0.2) is 59.6 Å². The first-order valence-electron chi connectivity index (χ1n) is 10.2. The highest BCUT2D eigenvalue weighted by molar-refractivity contribution is 7.14. The van der Waals surface area contributed by atoms with Gasteiger partial charge in [0.1, 0.15) is 11.5 Å². The number of thiazole rings is 1. The van der Waals surface area contributed by atoms with Crippen molar-refractivity contribution in [3.05, 3.63) is 70.7 Å². The maximum Gasteiger partial charge on any atom is 0.301 e. The third-order valence-corrected chi connectivity index (χ3v) is 6.00. The van der Waals surface area contributed by atoms with Crippen LogP contribution < -0.4 is 19.1 Å². The van der Waals surface area contributed by atoms with Crippen LogP contribution in [0, 0.1) is 0 Å². The van der Waals surface area contributed by atoms with E-state index in [0.29, 0.717) is 40.1 Å². The molecule has 8 nitrogen and oxygen atoms in total. The maximum atomic E-state index is 13.1.